The zero-order valence-electron chi connectivity index (χ0n) is 4.53. The monoisotopic (exact) mass is 138 g/mol. The first-order valence-electron chi connectivity index (χ1n) is 2.51. The molecule has 45 valence electrons. The Labute approximate surface area is 57.4 Å². The average Bonchev–Trinajstić information content (AvgIpc) is 2.33. The molecule has 2 aliphatic heterocycles. The maximum atomic E-state index is 3.83. The molecular formula is C5H4N3S. The first kappa shape index (κ1) is 4.93. The van der Waals surface area contributed by atoms with Crippen LogP contribution in [0.25, 0.3) is 0 Å². The van der Waals surface area contributed by atoms with Gasteiger partial charge in [-0.3, -0.25) is 9.30 Å². The quantitative estimate of drug-likeness (QED) is 0.500. The van der Waals surface area contributed by atoms with Crippen molar-refractivity contribution >= 4 is 18.3 Å². The Morgan fingerprint density at radius 1 is 1.78 bits per heavy atom. The van der Waals surface area contributed by atoms with E-state index in [-0.39, 0.29) is 0 Å². The highest BCUT2D eigenvalue weighted by molar-refractivity contribution is 7.95. The largest absolute Gasteiger partial charge is 0.316 e. The molecule has 0 saturated carbocycles. The van der Waals surface area contributed by atoms with Crippen molar-refractivity contribution in [1.82, 2.24) is 9.03 Å². The predicted octanol–water partition coefficient (Wildman–Crippen LogP) is 0.729. The molecule has 0 aromatic heterocycles. The second-order valence-corrected chi connectivity index (χ2v) is 2.42. The van der Waals surface area contributed by atoms with Crippen molar-refractivity contribution in [3.05, 3.63) is 24.3 Å². The molecule has 0 aromatic rings. The van der Waals surface area contributed by atoms with Gasteiger partial charge in [0.25, 0.3) is 0 Å². The third-order valence-electron chi connectivity index (χ3n) is 1.04. The zero-order chi connectivity index (χ0) is 6.10. The van der Waals surface area contributed by atoms with Gasteiger partial charge in [0.2, 0.25) is 0 Å². The molecule has 0 bridgehead atoms. The van der Waals surface area contributed by atoms with E-state index in [1.807, 2.05) is 16.7 Å². The van der Waals surface area contributed by atoms with E-state index in [9.17, 15) is 0 Å². The fourth-order valence-corrected chi connectivity index (χ4v) is 1.23. The Balaban J connectivity index is 2.33. The summed E-state index contributed by atoms with van der Waals surface area (Å²) in [7, 11) is 0. The molecule has 1 radical (unpaired) electrons. The lowest BCUT2D eigenvalue weighted by Gasteiger charge is -2.11. The van der Waals surface area contributed by atoms with Crippen molar-refractivity contribution in [2.45, 2.75) is 0 Å². The molecule has 2 heterocycles. The molecule has 0 aromatic carbocycles. The maximum Gasteiger partial charge on any atom is 0.117 e. The minimum Gasteiger partial charge on any atom is -0.316 e. The molecule has 0 fully saturated rings. The summed E-state index contributed by atoms with van der Waals surface area (Å²) in [6, 6.07) is 0. The van der Waals surface area contributed by atoms with Gasteiger partial charge >= 0.3 is 0 Å². The molecule has 0 saturated heterocycles. The molecular weight excluding hydrogens is 134 g/mol. The Bertz CT molecular complexity index is 203. The van der Waals surface area contributed by atoms with E-state index in [4.69, 9.17) is 0 Å². The van der Waals surface area contributed by atoms with Gasteiger partial charge < -0.3 is 4.72 Å². The lowest BCUT2D eigenvalue weighted by Crippen LogP contribution is -2.06. The second-order valence-electron chi connectivity index (χ2n) is 1.60. The van der Waals surface area contributed by atoms with Crippen LogP contribution >= 0.6 is 12.1 Å². The molecule has 0 atom stereocenters. The number of nitrogens with zero attached hydrogens (tertiary/aromatic N) is 2. The van der Waals surface area contributed by atoms with E-state index in [0.717, 1.165) is 5.70 Å². The fourth-order valence-electron chi connectivity index (χ4n) is 0.641. The Kier molecular flexibility index (Phi) is 0.989. The van der Waals surface area contributed by atoms with Gasteiger partial charge in [0.1, 0.15) is 6.21 Å². The van der Waals surface area contributed by atoms with Crippen LogP contribution in [-0.4, -0.2) is 10.5 Å². The summed E-state index contributed by atoms with van der Waals surface area (Å²) in [5.74, 6) is 0. The number of rotatable bonds is 0. The molecule has 2 rings (SSSR count). The standard InChI is InChI=1S/C5H4N3S/c1-2-8-5(3-6-1)4-7-9-8/h1-2,4,7H. The molecule has 2 aliphatic rings. The Hall–Kier alpha value is -0.900. The molecule has 0 spiro atoms. The second kappa shape index (κ2) is 1.80. The lowest BCUT2D eigenvalue weighted by atomic mass is 10.5. The third-order valence-corrected chi connectivity index (χ3v) is 1.78. The zero-order valence-corrected chi connectivity index (χ0v) is 5.35. The van der Waals surface area contributed by atoms with Gasteiger partial charge in [-0.1, -0.05) is 0 Å². The number of nitrogens with one attached hydrogen (secondary N) is 1. The number of aliphatic imine (C=N–C) groups is 1. The van der Waals surface area contributed by atoms with Gasteiger partial charge in [0.15, 0.2) is 0 Å². The van der Waals surface area contributed by atoms with Crippen LogP contribution < -0.4 is 4.72 Å². The van der Waals surface area contributed by atoms with E-state index in [1.54, 1.807) is 6.20 Å². The normalized spacial score (nSPS) is 21.3. The number of allylic oxidation sites excluding steroid dienone is 1. The Morgan fingerprint density at radius 3 is 3.67 bits per heavy atom. The van der Waals surface area contributed by atoms with Gasteiger partial charge in [-0.15, -0.1) is 0 Å². The molecule has 0 unspecified atom stereocenters. The van der Waals surface area contributed by atoms with Crippen LogP contribution in [0.5, 0.6) is 0 Å². The van der Waals surface area contributed by atoms with E-state index < -0.39 is 0 Å². The van der Waals surface area contributed by atoms with Crippen LogP contribution in [0.2, 0.25) is 0 Å². The molecule has 1 N–H and O–H groups in total. The van der Waals surface area contributed by atoms with Crippen LogP contribution in [0.15, 0.2) is 29.3 Å². The molecule has 4 heteroatoms. The first-order chi connectivity index (χ1) is 4.47. The summed E-state index contributed by atoms with van der Waals surface area (Å²) in [4.78, 5) is 3.83. The van der Waals surface area contributed by atoms with Crippen LogP contribution in [0.3, 0.4) is 0 Å². The summed E-state index contributed by atoms with van der Waals surface area (Å²) in [5, 5.41) is 0. The van der Waals surface area contributed by atoms with Crippen molar-refractivity contribution in [3.63, 3.8) is 0 Å². The van der Waals surface area contributed by atoms with Gasteiger partial charge in [-0.2, -0.15) is 0 Å². The lowest BCUT2D eigenvalue weighted by molar-refractivity contribution is 0.821. The first-order valence-corrected chi connectivity index (χ1v) is 3.28. The highest BCUT2D eigenvalue weighted by Gasteiger charge is 2.13. The van der Waals surface area contributed by atoms with Crippen LogP contribution in [0.1, 0.15) is 0 Å². The van der Waals surface area contributed by atoms with E-state index in [1.165, 1.54) is 12.1 Å². The minimum atomic E-state index is 0.975. The topological polar surface area (TPSA) is 27.6 Å². The van der Waals surface area contributed by atoms with Gasteiger partial charge in [-0.25, -0.2) is 0 Å². The molecule has 9 heavy (non-hydrogen) atoms. The number of hydrogen-bond donors (Lipinski definition) is 1. The highest BCUT2D eigenvalue weighted by Crippen LogP contribution is 2.21. The third kappa shape index (κ3) is 0.712. The maximum absolute atomic E-state index is 3.83. The Morgan fingerprint density at radius 2 is 2.78 bits per heavy atom. The van der Waals surface area contributed by atoms with Gasteiger partial charge in [0, 0.05) is 18.6 Å². The van der Waals surface area contributed by atoms with Crippen molar-refractivity contribution < 1.29 is 0 Å². The van der Waals surface area contributed by atoms with Gasteiger partial charge in [-0.05, 0) is 0 Å². The van der Waals surface area contributed by atoms with E-state index in [2.05, 4.69) is 15.9 Å². The summed E-state index contributed by atoms with van der Waals surface area (Å²) in [6.07, 6.45) is 8.27. The molecule has 3 nitrogen and oxygen atoms in total. The van der Waals surface area contributed by atoms with Crippen molar-refractivity contribution in [1.29, 1.82) is 0 Å². The highest BCUT2D eigenvalue weighted by atomic mass is 32.2. The van der Waals surface area contributed by atoms with E-state index in [0.29, 0.717) is 0 Å². The number of hydrogen-bond acceptors (Lipinski definition) is 4. The fraction of sp³-hybridized carbons (Fsp3) is 0. The molecule has 0 amide bonds. The SMILES string of the molecule is [C]1=NC=CN2SNC=C12. The summed E-state index contributed by atoms with van der Waals surface area (Å²) >= 11 is 1.51. The van der Waals surface area contributed by atoms with Crippen LogP contribution in [-0.2, 0) is 0 Å². The summed E-state index contributed by atoms with van der Waals surface area (Å²) in [6.45, 7) is 0. The summed E-state index contributed by atoms with van der Waals surface area (Å²) < 4.78 is 4.92. The number of fused-ring (bicyclic) bond motifs is 1. The van der Waals surface area contributed by atoms with Gasteiger partial charge in [0.05, 0.1) is 17.8 Å². The minimum absolute atomic E-state index is 0.975. The van der Waals surface area contributed by atoms with Crippen molar-refractivity contribution in [3.8, 4) is 0 Å². The van der Waals surface area contributed by atoms with Crippen molar-refractivity contribution in [2.24, 2.45) is 4.99 Å². The summed E-state index contributed by atoms with van der Waals surface area (Å²) in [5.41, 5.74) is 0.975. The van der Waals surface area contributed by atoms with Crippen LogP contribution in [0.4, 0.5) is 0 Å². The predicted molar refractivity (Wildman–Crippen MR) is 37.2 cm³/mol. The average molecular weight is 138 g/mol. The smallest absolute Gasteiger partial charge is 0.117 e. The van der Waals surface area contributed by atoms with Crippen molar-refractivity contribution in [2.75, 3.05) is 0 Å². The van der Waals surface area contributed by atoms with Crippen LogP contribution in [0, 0.1) is 0 Å². The van der Waals surface area contributed by atoms with E-state index >= 15 is 0 Å². The molecule has 0 aliphatic carbocycles.